The van der Waals surface area contributed by atoms with E-state index >= 15 is 0 Å². The molecule has 0 bridgehead atoms. The van der Waals surface area contributed by atoms with Gasteiger partial charge in [0.15, 0.2) is 17.7 Å². The van der Waals surface area contributed by atoms with Crippen molar-refractivity contribution in [3.8, 4) is 5.75 Å². The van der Waals surface area contributed by atoms with Crippen LogP contribution in [0.2, 0.25) is 5.02 Å². The second kappa shape index (κ2) is 6.27. The van der Waals surface area contributed by atoms with Gasteiger partial charge >= 0.3 is 0 Å². The lowest BCUT2D eigenvalue weighted by Gasteiger charge is -2.15. The molecule has 2 aromatic carbocycles. The van der Waals surface area contributed by atoms with E-state index in [0.717, 1.165) is 11.1 Å². The van der Waals surface area contributed by atoms with Gasteiger partial charge in [-0.15, -0.1) is 0 Å². The van der Waals surface area contributed by atoms with E-state index < -0.39 is 11.9 Å². The maximum absolute atomic E-state index is 13.8. The first kappa shape index (κ1) is 15.5. The number of Topliss-reactive ketones (excluding diaryl/α,β-unsaturated/α-hetero) is 1. The monoisotopic (exact) mass is 306 g/mol. The van der Waals surface area contributed by atoms with Gasteiger partial charge in [0.2, 0.25) is 5.78 Å². The molecule has 0 aliphatic carbocycles. The second-order valence-electron chi connectivity index (χ2n) is 4.98. The summed E-state index contributed by atoms with van der Waals surface area (Å²) in [6, 6.07) is 9.90. The van der Waals surface area contributed by atoms with Crippen LogP contribution in [0.3, 0.4) is 0 Å². The summed E-state index contributed by atoms with van der Waals surface area (Å²) in [6.45, 7) is 5.51. The van der Waals surface area contributed by atoms with Crippen molar-refractivity contribution >= 4 is 17.4 Å². The summed E-state index contributed by atoms with van der Waals surface area (Å²) in [7, 11) is 0. The molecular weight excluding hydrogens is 291 g/mol. The minimum Gasteiger partial charge on any atom is -0.479 e. The Morgan fingerprint density at radius 3 is 2.57 bits per heavy atom. The molecule has 2 rings (SSSR count). The van der Waals surface area contributed by atoms with Gasteiger partial charge in [0.05, 0.1) is 5.02 Å². The van der Waals surface area contributed by atoms with Crippen LogP contribution in [0.25, 0.3) is 0 Å². The summed E-state index contributed by atoms with van der Waals surface area (Å²) in [5.74, 6) is -0.872. The molecule has 0 radical (unpaired) electrons. The van der Waals surface area contributed by atoms with E-state index in [4.69, 9.17) is 16.3 Å². The lowest BCUT2D eigenvalue weighted by Crippen LogP contribution is -2.24. The molecule has 0 N–H and O–H groups in total. The zero-order valence-electron chi connectivity index (χ0n) is 12.1. The van der Waals surface area contributed by atoms with Crippen molar-refractivity contribution in [1.82, 2.24) is 0 Å². The molecule has 1 atom stereocenters. The largest absolute Gasteiger partial charge is 0.479 e. The number of carbonyl (C=O) groups excluding carboxylic acids is 1. The van der Waals surface area contributed by atoms with Crippen LogP contribution in [0.1, 0.15) is 28.4 Å². The Bertz CT molecular complexity index is 682. The molecule has 0 amide bonds. The Kier molecular flexibility index (Phi) is 4.63. The fourth-order valence-corrected chi connectivity index (χ4v) is 2.11. The molecule has 2 nitrogen and oxygen atoms in total. The SMILES string of the molecule is Cc1ccc(C(=O)C(C)Oc2cccc(Cl)c2F)cc1C. The first-order valence-corrected chi connectivity index (χ1v) is 7.00. The van der Waals surface area contributed by atoms with Crippen molar-refractivity contribution in [1.29, 1.82) is 0 Å². The number of rotatable bonds is 4. The third-order valence-corrected chi connectivity index (χ3v) is 3.67. The second-order valence-corrected chi connectivity index (χ2v) is 5.38. The topological polar surface area (TPSA) is 26.3 Å². The summed E-state index contributed by atoms with van der Waals surface area (Å²) in [5, 5.41) is -0.0293. The highest BCUT2D eigenvalue weighted by molar-refractivity contribution is 6.30. The fraction of sp³-hybridized carbons (Fsp3) is 0.235. The molecule has 0 spiro atoms. The van der Waals surface area contributed by atoms with Crippen molar-refractivity contribution in [2.45, 2.75) is 26.9 Å². The van der Waals surface area contributed by atoms with E-state index in [2.05, 4.69) is 0 Å². The number of hydrogen-bond acceptors (Lipinski definition) is 2. The molecule has 0 heterocycles. The quantitative estimate of drug-likeness (QED) is 0.762. The lowest BCUT2D eigenvalue weighted by atomic mass is 10.0. The van der Waals surface area contributed by atoms with E-state index in [0.29, 0.717) is 5.56 Å². The van der Waals surface area contributed by atoms with Gasteiger partial charge in [-0.3, -0.25) is 4.79 Å². The maximum atomic E-state index is 13.8. The minimum atomic E-state index is -0.792. The molecule has 0 aromatic heterocycles. The first-order valence-electron chi connectivity index (χ1n) is 6.62. The summed E-state index contributed by atoms with van der Waals surface area (Å²) in [6.07, 6.45) is -0.792. The van der Waals surface area contributed by atoms with Crippen molar-refractivity contribution in [2.24, 2.45) is 0 Å². The van der Waals surface area contributed by atoms with Crippen LogP contribution in [-0.4, -0.2) is 11.9 Å². The van der Waals surface area contributed by atoms with Crippen molar-refractivity contribution in [2.75, 3.05) is 0 Å². The van der Waals surface area contributed by atoms with E-state index in [1.54, 1.807) is 19.1 Å². The fourth-order valence-electron chi connectivity index (χ4n) is 1.95. The number of aryl methyl sites for hydroxylation is 2. The predicted molar refractivity (Wildman–Crippen MR) is 81.7 cm³/mol. The van der Waals surface area contributed by atoms with Crippen molar-refractivity contribution < 1.29 is 13.9 Å². The van der Waals surface area contributed by atoms with Crippen molar-refractivity contribution in [3.05, 3.63) is 63.9 Å². The Morgan fingerprint density at radius 2 is 1.90 bits per heavy atom. The standard InChI is InChI=1S/C17H16ClFO2/c1-10-7-8-13(9-11(10)2)17(20)12(3)21-15-6-4-5-14(18)16(15)19/h4-9,12H,1-3H3. The van der Waals surface area contributed by atoms with Gasteiger partial charge in [-0.05, 0) is 50.1 Å². The molecule has 0 aliphatic heterocycles. The van der Waals surface area contributed by atoms with Crippen LogP contribution in [-0.2, 0) is 0 Å². The number of benzene rings is 2. The van der Waals surface area contributed by atoms with Crippen LogP contribution in [0.4, 0.5) is 4.39 Å². The van der Waals surface area contributed by atoms with E-state index in [1.165, 1.54) is 12.1 Å². The molecule has 0 fully saturated rings. The maximum Gasteiger partial charge on any atom is 0.203 e. The number of hydrogen-bond donors (Lipinski definition) is 0. The van der Waals surface area contributed by atoms with E-state index in [9.17, 15) is 9.18 Å². The molecule has 1 unspecified atom stereocenters. The number of ketones is 1. The molecule has 110 valence electrons. The third kappa shape index (κ3) is 3.42. The van der Waals surface area contributed by atoms with Gasteiger partial charge in [0.1, 0.15) is 0 Å². The Morgan fingerprint density at radius 1 is 1.19 bits per heavy atom. The van der Waals surface area contributed by atoms with Crippen LogP contribution in [0.15, 0.2) is 36.4 Å². The zero-order valence-corrected chi connectivity index (χ0v) is 12.9. The summed E-state index contributed by atoms with van der Waals surface area (Å²) < 4.78 is 19.2. The van der Waals surface area contributed by atoms with Crippen LogP contribution in [0, 0.1) is 19.7 Å². The predicted octanol–water partition coefficient (Wildman–Crippen LogP) is 4.75. The Labute approximate surface area is 128 Å². The molecule has 21 heavy (non-hydrogen) atoms. The molecule has 0 saturated heterocycles. The summed E-state index contributed by atoms with van der Waals surface area (Å²) in [5.41, 5.74) is 2.69. The zero-order chi connectivity index (χ0) is 15.6. The van der Waals surface area contributed by atoms with Crippen LogP contribution in [0.5, 0.6) is 5.75 Å². The van der Waals surface area contributed by atoms with E-state index in [1.807, 2.05) is 26.0 Å². The Hall–Kier alpha value is -1.87. The highest BCUT2D eigenvalue weighted by atomic mass is 35.5. The Balaban J connectivity index is 2.19. The minimum absolute atomic E-state index is 0.0211. The van der Waals surface area contributed by atoms with E-state index in [-0.39, 0.29) is 16.6 Å². The smallest absolute Gasteiger partial charge is 0.203 e. The molecule has 4 heteroatoms. The highest BCUT2D eigenvalue weighted by Gasteiger charge is 2.19. The van der Waals surface area contributed by atoms with Gasteiger partial charge in [0.25, 0.3) is 0 Å². The average molecular weight is 307 g/mol. The van der Waals surface area contributed by atoms with Crippen LogP contribution >= 0.6 is 11.6 Å². The lowest BCUT2D eigenvalue weighted by molar-refractivity contribution is 0.0812. The third-order valence-electron chi connectivity index (χ3n) is 3.38. The van der Waals surface area contributed by atoms with Gasteiger partial charge in [0, 0.05) is 5.56 Å². The molecule has 2 aromatic rings. The number of halogens is 2. The van der Waals surface area contributed by atoms with Gasteiger partial charge in [-0.25, -0.2) is 4.39 Å². The van der Waals surface area contributed by atoms with Crippen molar-refractivity contribution in [3.63, 3.8) is 0 Å². The molecule has 0 saturated carbocycles. The molecular formula is C17H16ClFO2. The highest BCUT2D eigenvalue weighted by Crippen LogP contribution is 2.25. The van der Waals surface area contributed by atoms with Crippen LogP contribution < -0.4 is 4.74 Å². The van der Waals surface area contributed by atoms with Gasteiger partial charge in [-0.1, -0.05) is 29.8 Å². The number of ether oxygens (including phenoxy) is 1. The normalized spacial score (nSPS) is 12.0. The summed E-state index contributed by atoms with van der Waals surface area (Å²) in [4.78, 5) is 12.3. The summed E-state index contributed by atoms with van der Waals surface area (Å²) >= 11 is 5.69. The van der Waals surface area contributed by atoms with Gasteiger partial charge in [-0.2, -0.15) is 0 Å². The average Bonchev–Trinajstić information content (AvgIpc) is 2.46. The van der Waals surface area contributed by atoms with Gasteiger partial charge < -0.3 is 4.74 Å². The number of carbonyl (C=O) groups is 1. The first-order chi connectivity index (χ1) is 9.90. The molecule has 0 aliphatic rings.